The summed E-state index contributed by atoms with van der Waals surface area (Å²) < 4.78 is 0. The third-order valence-electron chi connectivity index (χ3n) is 2.38. The topological polar surface area (TPSA) is 35.5 Å². The lowest BCUT2D eigenvalue weighted by atomic mass is 10.1. The van der Waals surface area contributed by atoms with E-state index < -0.39 is 6.23 Å². The molecule has 4 heteroatoms. The summed E-state index contributed by atoms with van der Waals surface area (Å²) in [6.07, 6.45) is -0.620. The van der Waals surface area contributed by atoms with E-state index in [4.69, 9.17) is 12.2 Å². The first-order valence-electron chi connectivity index (χ1n) is 4.58. The Morgan fingerprint density at radius 1 is 1.50 bits per heavy atom. The summed E-state index contributed by atoms with van der Waals surface area (Å²) in [5, 5.41) is 13.7. The van der Waals surface area contributed by atoms with Crippen LogP contribution in [0.4, 0.5) is 5.69 Å². The average molecular weight is 208 g/mol. The normalized spacial score (nSPS) is 20.3. The lowest BCUT2D eigenvalue weighted by Crippen LogP contribution is -2.41. The van der Waals surface area contributed by atoms with Crippen LogP contribution in [0, 0.1) is 0 Å². The molecule has 1 aliphatic rings. The smallest absolute Gasteiger partial charge is 0.175 e. The molecule has 0 aliphatic carbocycles. The number of nitrogens with one attached hydrogen (secondary N) is 1. The van der Waals surface area contributed by atoms with Gasteiger partial charge in [0.05, 0.1) is 0 Å². The molecule has 0 spiro atoms. The molecule has 0 radical (unpaired) electrons. The van der Waals surface area contributed by atoms with E-state index >= 15 is 0 Å². The Morgan fingerprint density at radius 3 is 2.93 bits per heavy atom. The van der Waals surface area contributed by atoms with Crippen molar-refractivity contribution in [3.63, 3.8) is 0 Å². The van der Waals surface area contributed by atoms with Gasteiger partial charge in [-0.15, -0.1) is 0 Å². The highest BCUT2D eigenvalue weighted by atomic mass is 32.1. The van der Waals surface area contributed by atoms with Gasteiger partial charge in [-0.25, -0.2) is 0 Å². The molecule has 0 aromatic heterocycles. The Hall–Kier alpha value is -1.13. The second kappa shape index (κ2) is 3.55. The van der Waals surface area contributed by atoms with Crippen LogP contribution in [-0.2, 0) is 0 Å². The van der Waals surface area contributed by atoms with Gasteiger partial charge in [0.1, 0.15) is 0 Å². The highest BCUT2D eigenvalue weighted by Gasteiger charge is 2.26. The second-order valence-electron chi connectivity index (χ2n) is 3.18. The molecule has 1 aliphatic heterocycles. The van der Waals surface area contributed by atoms with Gasteiger partial charge < -0.3 is 15.3 Å². The number of thiocarbonyl (C=S) groups is 1. The summed E-state index contributed by atoms with van der Waals surface area (Å²) in [6, 6.07) is 7.64. The molecule has 14 heavy (non-hydrogen) atoms. The van der Waals surface area contributed by atoms with Gasteiger partial charge in [-0.05, 0) is 25.2 Å². The van der Waals surface area contributed by atoms with Gasteiger partial charge in [0.2, 0.25) is 0 Å². The van der Waals surface area contributed by atoms with Crippen LogP contribution in [0.1, 0.15) is 18.7 Å². The fraction of sp³-hybridized carbons (Fsp3) is 0.300. The lowest BCUT2D eigenvalue weighted by molar-refractivity contribution is 0.0556. The van der Waals surface area contributed by atoms with Gasteiger partial charge in [-0.3, -0.25) is 0 Å². The quantitative estimate of drug-likeness (QED) is 0.689. The maximum Gasteiger partial charge on any atom is 0.175 e. The Balaban J connectivity index is 2.43. The fourth-order valence-corrected chi connectivity index (χ4v) is 1.96. The van der Waals surface area contributed by atoms with Crippen LogP contribution in [0.2, 0.25) is 0 Å². The Labute approximate surface area is 88.3 Å². The summed E-state index contributed by atoms with van der Waals surface area (Å²) in [4.78, 5) is 1.75. The number of hydrogen-bond acceptors (Lipinski definition) is 2. The molecular formula is C10H12N2OS. The largest absolute Gasteiger partial charge is 0.369 e. The molecule has 1 heterocycles. The standard InChI is InChI=1S/C10H12N2OS/c1-2-12-9(13)7-5-3-4-6-8(7)11-10(12)14/h3-6,9,13H,2H2,1H3,(H,11,14). The zero-order valence-electron chi connectivity index (χ0n) is 7.90. The average Bonchev–Trinajstić information content (AvgIpc) is 2.18. The van der Waals surface area contributed by atoms with Crippen molar-refractivity contribution < 1.29 is 5.11 Å². The van der Waals surface area contributed by atoms with Crippen molar-refractivity contribution in [1.82, 2.24) is 4.90 Å². The van der Waals surface area contributed by atoms with Crippen molar-refractivity contribution in [2.24, 2.45) is 0 Å². The molecule has 0 saturated heterocycles. The Kier molecular flexibility index (Phi) is 2.39. The van der Waals surface area contributed by atoms with Gasteiger partial charge in [0.25, 0.3) is 0 Å². The summed E-state index contributed by atoms with van der Waals surface area (Å²) in [7, 11) is 0. The zero-order valence-corrected chi connectivity index (χ0v) is 8.71. The molecule has 1 atom stereocenters. The first-order chi connectivity index (χ1) is 6.74. The molecule has 2 N–H and O–H groups in total. The van der Waals surface area contributed by atoms with Crippen LogP contribution >= 0.6 is 12.2 Å². The third kappa shape index (κ3) is 1.36. The van der Waals surface area contributed by atoms with E-state index in [1.807, 2.05) is 31.2 Å². The maximum atomic E-state index is 9.99. The Morgan fingerprint density at radius 2 is 2.21 bits per heavy atom. The number of rotatable bonds is 1. The summed E-state index contributed by atoms with van der Waals surface area (Å²) in [5.41, 5.74) is 1.78. The van der Waals surface area contributed by atoms with E-state index in [-0.39, 0.29) is 0 Å². The van der Waals surface area contributed by atoms with E-state index in [1.54, 1.807) is 4.90 Å². The van der Waals surface area contributed by atoms with Crippen molar-refractivity contribution in [3.8, 4) is 0 Å². The molecule has 3 nitrogen and oxygen atoms in total. The van der Waals surface area contributed by atoms with E-state index in [1.165, 1.54) is 0 Å². The highest BCUT2D eigenvalue weighted by molar-refractivity contribution is 7.80. The summed E-state index contributed by atoms with van der Waals surface area (Å²) in [6.45, 7) is 2.66. The SMILES string of the molecule is CCN1C(=S)Nc2ccccc2C1O. The number of aliphatic hydroxyl groups excluding tert-OH is 1. The molecule has 1 aromatic rings. The van der Waals surface area contributed by atoms with E-state index in [9.17, 15) is 5.11 Å². The number of anilines is 1. The van der Waals surface area contributed by atoms with Crippen molar-refractivity contribution in [2.45, 2.75) is 13.2 Å². The zero-order chi connectivity index (χ0) is 10.1. The number of para-hydroxylation sites is 1. The molecule has 0 bridgehead atoms. The number of aliphatic hydroxyl groups is 1. The van der Waals surface area contributed by atoms with Crippen molar-refractivity contribution >= 4 is 23.0 Å². The number of nitrogens with zero attached hydrogens (tertiary/aromatic N) is 1. The maximum absolute atomic E-state index is 9.99. The van der Waals surface area contributed by atoms with Crippen LogP contribution in [-0.4, -0.2) is 21.7 Å². The van der Waals surface area contributed by atoms with Gasteiger partial charge in [-0.1, -0.05) is 18.2 Å². The molecule has 0 amide bonds. The Bertz CT molecular complexity index is 367. The second-order valence-corrected chi connectivity index (χ2v) is 3.56. The van der Waals surface area contributed by atoms with E-state index in [0.717, 1.165) is 11.3 Å². The minimum Gasteiger partial charge on any atom is -0.369 e. The van der Waals surface area contributed by atoms with Crippen LogP contribution < -0.4 is 5.32 Å². The molecule has 74 valence electrons. The third-order valence-corrected chi connectivity index (χ3v) is 2.71. The first-order valence-corrected chi connectivity index (χ1v) is 4.99. The minimum atomic E-state index is -0.620. The van der Waals surface area contributed by atoms with Gasteiger partial charge >= 0.3 is 0 Å². The summed E-state index contributed by atoms with van der Waals surface area (Å²) >= 11 is 5.13. The van der Waals surface area contributed by atoms with E-state index in [2.05, 4.69) is 5.32 Å². The first kappa shape index (κ1) is 9.43. The molecular weight excluding hydrogens is 196 g/mol. The minimum absolute atomic E-state index is 0.582. The molecule has 1 unspecified atom stereocenters. The molecule has 0 saturated carbocycles. The number of fused-ring (bicyclic) bond motifs is 1. The predicted octanol–water partition coefficient (Wildman–Crippen LogP) is 1.71. The lowest BCUT2D eigenvalue weighted by Gasteiger charge is -2.35. The van der Waals surface area contributed by atoms with Crippen molar-refractivity contribution in [3.05, 3.63) is 29.8 Å². The number of benzene rings is 1. The predicted molar refractivity (Wildman–Crippen MR) is 60.0 cm³/mol. The van der Waals surface area contributed by atoms with Crippen LogP contribution in [0.15, 0.2) is 24.3 Å². The summed E-state index contributed by atoms with van der Waals surface area (Å²) in [5.74, 6) is 0. The fourth-order valence-electron chi connectivity index (χ4n) is 1.62. The van der Waals surface area contributed by atoms with Crippen LogP contribution in [0.5, 0.6) is 0 Å². The molecule has 0 fully saturated rings. The van der Waals surface area contributed by atoms with Gasteiger partial charge in [0, 0.05) is 17.8 Å². The number of hydrogen-bond donors (Lipinski definition) is 2. The molecule has 1 aromatic carbocycles. The van der Waals surface area contributed by atoms with Crippen LogP contribution in [0.3, 0.4) is 0 Å². The van der Waals surface area contributed by atoms with Gasteiger partial charge in [0.15, 0.2) is 11.3 Å². The highest BCUT2D eigenvalue weighted by Crippen LogP contribution is 2.30. The monoisotopic (exact) mass is 208 g/mol. The van der Waals surface area contributed by atoms with Gasteiger partial charge in [-0.2, -0.15) is 0 Å². The molecule has 2 rings (SSSR count). The van der Waals surface area contributed by atoms with Crippen molar-refractivity contribution in [1.29, 1.82) is 0 Å². The van der Waals surface area contributed by atoms with Crippen molar-refractivity contribution in [2.75, 3.05) is 11.9 Å². The van der Waals surface area contributed by atoms with Crippen LogP contribution in [0.25, 0.3) is 0 Å². The van der Waals surface area contributed by atoms with E-state index in [0.29, 0.717) is 11.7 Å².